The second-order valence-electron chi connectivity index (χ2n) is 7.78. The monoisotopic (exact) mass is 384 g/mol. The molecular formula is C19H30F2N4O2. The van der Waals surface area contributed by atoms with Crippen molar-refractivity contribution in [3.8, 4) is 0 Å². The van der Waals surface area contributed by atoms with E-state index in [2.05, 4.69) is 10.3 Å². The number of benzene rings is 1. The van der Waals surface area contributed by atoms with Crippen LogP contribution < -0.4 is 11.3 Å². The van der Waals surface area contributed by atoms with Gasteiger partial charge in [0.1, 0.15) is 17.2 Å². The number of nitrogens with zero attached hydrogens (tertiary/aromatic N) is 2. The van der Waals surface area contributed by atoms with Crippen molar-refractivity contribution in [3.63, 3.8) is 0 Å². The van der Waals surface area contributed by atoms with Crippen LogP contribution >= 0.6 is 0 Å². The van der Waals surface area contributed by atoms with Crippen molar-refractivity contribution in [2.24, 2.45) is 5.84 Å². The van der Waals surface area contributed by atoms with Crippen molar-refractivity contribution < 1.29 is 18.3 Å². The van der Waals surface area contributed by atoms with Crippen LogP contribution in [0.1, 0.15) is 45.2 Å². The largest absolute Gasteiger partial charge is 0.444 e. The molecule has 0 bridgehead atoms. The second-order valence-corrected chi connectivity index (χ2v) is 7.78. The number of nitrogens with two attached hydrogens (primary N) is 1. The van der Waals surface area contributed by atoms with E-state index in [4.69, 9.17) is 10.6 Å². The van der Waals surface area contributed by atoms with Gasteiger partial charge < -0.3 is 9.64 Å². The maximum absolute atomic E-state index is 14.4. The first-order valence-electron chi connectivity index (χ1n) is 9.31. The Morgan fingerprint density at radius 3 is 2.48 bits per heavy atom. The molecule has 27 heavy (non-hydrogen) atoms. The normalized spacial score (nSPS) is 17.0. The zero-order valence-electron chi connectivity index (χ0n) is 16.3. The van der Waals surface area contributed by atoms with Gasteiger partial charge in [0.25, 0.3) is 0 Å². The zero-order chi connectivity index (χ0) is 20.0. The summed E-state index contributed by atoms with van der Waals surface area (Å²) < 4.78 is 33.1. The summed E-state index contributed by atoms with van der Waals surface area (Å²) in [6.45, 7) is 8.30. The first kappa shape index (κ1) is 21.5. The number of amides is 1. The van der Waals surface area contributed by atoms with Crippen LogP contribution in [0, 0.1) is 11.6 Å². The first-order chi connectivity index (χ1) is 12.7. The number of piperazine rings is 1. The average molecular weight is 384 g/mol. The van der Waals surface area contributed by atoms with Gasteiger partial charge in [-0.15, -0.1) is 0 Å². The quantitative estimate of drug-likeness (QED) is 0.448. The molecule has 1 aromatic carbocycles. The Morgan fingerprint density at radius 2 is 1.93 bits per heavy atom. The molecule has 0 aromatic heterocycles. The third-order valence-corrected chi connectivity index (χ3v) is 4.53. The fraction of sp³-hybridized carbons (Fsp3) is 0.632. The molecule has 0 spiro atoms. The molecule has 2 rings (SSSR count). The van der Waals surface area contributed by atoms with Crippen molar-refractivity contribution in [3.05, 3.63) is 35.4 Å². The molecule has 0 aliphatic carbocycles. The molecule has 1 saturated heterocycles. The van der Waals surface area contributed by atoms with Crippen molar-refractivity contribution in [1.29, 1.82) is 0 Å². The van der Waals surface area contributed by atoms with Gasteiger partial charge in [-0.25, -0.2) is 13.6 Å². The molecule has 6 nitrogen and oxygen atoms in total. The summed E-state index contributed by atoms with van der Waals surface area (Å²) in [7, 11) is 0. The van der Waals surface area contributed by atoms with E-state index < -0.39 is 17.2 Å². The summed E-state index contributed by atoms with van der Waals surface area (Å²) in [5, 5.41) is 0. The molecule has 8 heteroatoms. The van der Waals surface area contributed by atoms with E-state index in [9.17, 15) is 13.6 Å². The molecule has 1 heterocycles. The zero-order valence-corrected chi connectivity index (χ0v) is 16.3. The molecule has 1 unspecified atom stereocenters. The van der Waals surface area contributed by atoms with Crippen LogP contribution in [0.4, 0.5) is 13.6 Å². The van der Waals surface area contributed by atoms with Crippen LogP contribution in [0.25, 0.3) is 0 Å². The van der Waals surface area contributed by atoms with Gasteiger partial charge in [0, 0.05) is 50.4 Å². The van der Waals surface area contributed by atoms with Crippen molar-refractivity contribution >= 4 is 6.09 Å². The van der Waals surface area contributed by atoms with E-state index in [1.54, 1.807) is 4.90 Å². The highest BCUT2D eigenvalue weighted by atomic mass is 19.1. The Hall–Kier alpha value is -1.77. The van der Waals surface area contributed by atoms with Crippen molar-refractivity contribution in [2.45, 2.75) is 45.3 Å². The summed E-state index contributed by atoms with van der Waals surface area (Å²) in [5.74, 6) is 4.20. The van der Waals surface area contributed by atoms with Crippen molar-refractivity contribution in [1.82, 2.24) is 15.2 Å². The highest BCUT2D eigenvalue weighted by Crippen LogP contribution is 2.29. The lowest BCUT2D eigenvalue weighted by Gasteiger charge is -2.40. The third kappa shape index (κ3) is 6.41. The number of hydrogen-bond donors (Lipinski definition) is 2. The number of nitrogens with one attached hydrogen (secondary N) is 1. The summed E-state index contributed by atoms with van der Waals surface area (Å²) in [5.41, 5.74) is 2.54. The maximum atomic E-state index is 14.4. The molecule has 1 atom stereocenters. The van der Waals surface area contributed by atoms with Gasteiger partial charge in [0.2, 0.25) is 0 Å². The lowest BCUT2D eigenvalue weighted by atomic mass is 9.98. The Labute approximate surface area is 159 Å². The molecule has 1 amide bonds. The molecule has 1 fully saturated rings. The van der Waals surface area contributed by atoms with Gasteiger partial charge in [0.05, 0.1) is 0 Å². The molecule has 0 radical (unpaired) electrons. The maximum Gasteiger partial charge on any atom is 0.410 e. The predicted octanol–water partition coefficient (Wildman–Crippen LogP) is 2.80. The van der Waals surface area contributed by atoms with Gasteiger partial charge in [0.15, 0.2) is 0 Å². The van der Waals surface area contributed by atoms with Crippen LogP contribution in [0.15, 0.2) is 18.2 Å². The second kappa shape index (κ2) is 9.43. The third-order valence-electron chi connectivity index (χ3n) is 4.53. The summed E-state index contributed by atoms with van der Waals surface area (Å²) in [6, 6.07) is 3.51. The Balaban J connectivity index is 2.05. The van der Waals surface area contributed by atoms with Crippen molar-refractivity contribution in [2.75, 3.05) is 32.7 Å². The number of rotatable bonds is 6. The first-order valence-corrected chi connectivity index (χ1v) is 9.31. The molecule has 152 valence electrons. The minimum atomic E-state index is -0.589. The Bertz CT molecular complexity index is 629. The van der Waals surface area contributed by atoms with Crippen LogP contribution in [0.5, 0.6) is 0 Å². The highest BCUT2D eigenvalue weighted by Gasteiger charge is 2.30. The molecule has 0 saturated carbocycles. The minimum absolute atomic E-state index is 0.195. The highest BCUT2D eigenvalue weighted by molar-refractivity contribution is 5.68. The number of carbonyl (C=O) groups excluding carboxylic acids is 1. The average Bonchev–Trinajstić information content (AvgIpc) is 2.58. The lowest BCUT2D eigenvalue weighted by molar-refractivity contribution is 0.00942. The molecule has 1 aliphatic rings. The van der Waals surface area contributed by atoms with Crippen LogP contribution in [0.2, 0.25) is 0 Å². The van der Waals surface area contributed by atoms with Gasteiger partial charge in [-0.05, 0) is 39.7 Å². The lowest BCUT2D eigenvalue weighted by Crippen LogP contribution is -2.51. The van der Waals surface area contributed by atoms with Gasteiger partial charge in [-0.1, -0.05) is 6.07 Å². The van der Waals surface area contributed by atoms with Crippen LogP contribution in [0.3, 0.4) is 0 Å². The number of carbonyl (C=O) groups is 1. The minimum Gasteiger partial charge on any atom is -0.444 e. The standard InChI is InChI=1S/C19H30F2N4O2/c1-19(2,3)27-18(26)25-11-9-24(10-12-25)17(5-4-8-23-22)15-7-6-14(20)13-16(15)21/h6-7,13,17,23H,4-5,8-12,22H2,1-3H3. The van der Waals surface area contributed by atoms with E-state index >= 15 is 0 Å². The molecule has 1 aliphatic heterocycles. The predicted molar refractivity (Wildman–Crippen MR) is 99.9 cm³/mol. The van der Waals surface area contributed by atoms with E-state index in [1.165, 1.54) is 12.1 Å². The van der Waals surface area contributed by atoms with Gasteiger partial charge in [-0.2, -0.15) is 0 Å². The SMILES string of the molecule is CC(C)(C)OC(=O)N1CCN(C(CCCNN)c2ccc(F)cc2F)CC1. The van der Waals surface area contributed by atoms with E-state index in [1.807, 2.05) is 20.8 Å². The molecular weight excluding hydrogens is 354 g/mol. The fourth-order valence-electron chi connectivity index (χ4n) is 3.25. The number of hydrazine groups is 1. The number of halogens is 2. The van der Waals surface area contributed by atoms with Crippen LogP contribution in [-0.2, 0) is 4.74 Å². The van der Waals surface area contributed by atoms with Gasteiger partial charge >= 0.3 is 6.09 Å². The number of hydrogen-bond acceptors (Lipinski definition) is 5. The van der Waals surface area contributed by atoms with E-state index in [0.717, 1.165) is 12.5 Å². The molecule has 1 aromatic rings. The Morgan fingerprint density at radius 1 is 1.26 bits per heavy atom. The Kier molecular flexibility index (Phi) is 7.52. The fourth-order valence-corrected chi connectivity index (χ4v) is 3.25. The van der Waals surface area contributed by atoms with E-state index in [-0.39, 0.29) is 12.1 Å². The van der Waals surface area contributed by atoms with Gasteiger partial charge in [-0.3, -0.25) is 16.2 Å². The summed E-state index contributed by atoms with van der Waals surface area (Å²) in [4.78, 5) is 16.0. The number of ether oxygens (including phenoxy) is 1. The topological polar surface area (TPSA) is 70.8 Å². The molecule has 3 N–H and O–H groups in total. The van der Waals surface area contributed by atoms with E-state index in [0.29, 0.717) is 44.7 Å². The smallest absolute Gasteiger partial charge is 0.410 e. The summed E-state index contributed by atoms with van der Waals surface area (Å²) in [6.07, 6.45) is 1.10. The summed E-state index contributed by atoms with van der Waals surface area (Å²) >= 11 is 0. The van der Waals surface area contributed by atoms with Crippen LogP contribution in [-0.4, -0.2) is 54.2 Å².